The van der Waals surface area contributed by atoms with Gasteiger partial charge in [0.15, 0.2) is 0 Å². The van der Waals surface area contributed by atoms with Crippen LogP contribution >= 0.6 is 0 Å². The number of anilines is 1. The van der Waals surface area contributed by atoms with Crippen LogP contribution in [0.25, 0.3) is 0 Å². The van der Waals surface area contributed by atoms with Gasteiger partial charge in [0, 0.05) is 19.9 Å². The standard InChI is InChI=1S/C12H17N3O/c1-9-5-11(7-13)6-12(14-9)15(3)10(2)8-16-4/h5-6,10H,8H2,1-4H3. The molecule has 1 rings (SSSR count). The Hall–Kier alpha value is -1.60. The fourth-order valence-corrected chi connectivity index (χ4v) is 1.48. The highest BCUT2D eigenvalue weighted by atomic mass is 16.5. The van der Waals surface area contributed by atoms with Crippen molar-refractivity contribution in [2.45, 2.75) is 19.9 Å². The van der Waals surface area contributed by atoms with Crippen LogP contribution in [0, 0.1) is 18.3 Å². The van der Waals surface area contributed by atoms with Crippen molar-refractivity contribution >= 4 is 5.82 Å². The maximum Gasteiger partial charge on any atom is 0.130 e. The Morgan fingerprint density at radius 1 is 1.56 bits per heavy atom. The summed E-state index contributed by atoms with van der Waals surface area (Å²) in [6.45, 7) is 4.58. The third kappa shape index (κ3) is 2.94. The minimum absolute atomic E-state index is 0.228. The van der Waals surface area contributed by atoms with E-state index in [0.29, 0.717) is 12.2 Å². The molecule has 0 aliphatic carbocycles. The lowest BCUT2D eigenvalue weighted by atomic mass is 10.2. The quantitative estimate of drug-likeness (QED) is 0.773. The van der Waals surface area contributed by atoms with E-state index in [2.05, 4.69) is 18.0 Å². The number of pyridine rings is 1. The van der Waals surface area contributed by atoms with Gasteiger partial charge in [-0.2, -0.15) is 5.26 Å². The number of nitrogens with zero attached hydrogens (tertiary/aromatic N) is 3. The minimum atomic E-state index is 0.228. The zero-order valence-electron chi connectivity index (χ0n) is 10.2. The number of hydrogen-bond acceptors (Lipinski definition) is 4. The van der Waals surface area contributed by atoms with Crippen LogP contribution in [-0.4, -0.2) is 31.8 Å². The highest BCUT2D eigenvalue weighted by Crippen LogP contribution is 2.15. The predicted molar refractivity (Wildman–Crippen MR) is 63.4 cm³/mol. The highest BCUT2D eigenvalue weighted by molar-refractivity contribution is 5.46. The van der Waals surface area contributed by atoms with Gasteiger partial charge in [-0.3, -0.25) is 0 Å². The maximum absolute atomic E-state index is 8.89. The molecular weight excluding hydrogens is 202 g/mol. The Bertz CT molecular complexity index is 398. The van der Waals surface area contributed by atoms with E-state index in [1.807, 2.05) is 18.9 Å². The maximum atomic E-state index is 8.89. The number of rotatable bonds is 4. The molecule has 1 heterocycles. The number of aryl methyl sites for hydroxylation is 1. The first kappa shape index (κ1) is 12.5. The first-order chi connectivity index (χ1) is 7.58. The van der Waals surface area contributed by atoms with Crippen LogP contribution in [0.3, 0.4) is 0 Å². The summed E-state index contributed by atoms with van der Waals surface area (Å²) in [6, 6.07) is 5.93. The van der Waals surface area contributed by atoms with E-state index in [1.54, 1.807) is 19.2 Å². The van der Waals surface area contributed by atoms with Crippen LogP contribution in [0.5, 0.6) is 0 Å². The van der Waals surface area contributed by atoms with Gasteiger partial charge >= 0.3 is 0 Å². The summed E-state index contributed by atoms with van der Waals surface area (Å²) in [7, 11) is 3.63. The molecule has 0 aromatic carbocycles. The lowest BCUT2D eigenvalue weighted by molar-refractivity contribution is 0.183. The van der Waals surface area contributed by atoms with Gasteiger partial charge in [-0.1, -0.05) is 0 Å². The average Bonchev–Trinajstić information content (AvgIpc) is 2.27. The first-order valence-corrected chi connectivity index (χ1v) is 5.19. The van der Waals surface area contributed by atoms with Gasteiger partial charge in [-0.15, -0.1) is 0 Å². The number of nitriles is 1. The molecule has 0 fully saturated rings. The Kier molecular flexibility index (Phi) is 4.27. The molecule has 1 aromatic heterocycles. The predicted octanol–water partition coefficient (Wildman–Crippen LogP) is 1.73. The summed E-state index contributed by atoms with van der Waals surface area (Å²) in [5, 5.41) is 8.89. The van der Waals surface area contributed by atoms with Crippen LogP contribution in [0.1, 0.15) is 18.2 Å². The fourth-order valence-electron chi connectivity index (χ4n) is 1.48. The average molecular weight is 219 g/mol. The van der Waals surface area contributed by atoms with E-state index in [1.165, 1.54) is 0 Å². The first-order valence-electron chi connectivity index (χ1n) is 5.19. The largest absolute Gasteiger partial charge is 0.383 e. The van der Waals surface area contributed by atoms with Crippen molar-refractivity contribution in [2.75, 3.05) is 25.7 Å². The summed E-state index contributed by atoms with van der Waals surface area (Å²) < 4.78 is 5.10. The van der Waals surface area contributed by atoms with E-state index < -0.39 is 0 Å². The smallest absolute Gasteiger partial charge is 0.130 e. The molecule has 0 N–H and O–H groups in total. The Morgan fingerprint density at radius 3 is 2.81 bits per heavy atom. The fraction of sp³-hybridized carbons (Fsp3) is 0.500. The van der Waals surface area contributed by atoms with Crippen molar-refractivity contribution in [2.24, 2.45) is 0 Å². The SMILES string of the molecule is COCC(C)N(C)c1cc(C#N)cc(C)n1. The zero-order chi connectivity index (χ0) is 12.1. The second-order valence-corrected chi connectivity index (χ2v) is 3.88. The van der Waals surface area contributed by atoms with Gasteiger partial charge in [0.2, 0.25) is 0 Å². The number of likely N-dealkylation sites (N-methyl/N-ethyl adjacent to an activating group) is 1. The van der Waals surface area contributed by atoms with Gasteiger partial charge in [0.1, 0.15) is 5.82 Å². The lowest BCUT2D eigenvalue weighted by Gasteiger charge is -2.25. The number of ether oxygens (including phenoxy) is 1. The molecule has 0 aliphatic heterocycles. The molecular formula is C12H17N3O. The summed E-state index contributed by atoms with van der Waals surface area (Å²) in [5.41, 5.74) is 1.49. The van der Waals surface area contributed by atoms with Crippen molar-refractivity contribution in [3.8, 4) is 6.07 Å². The molecule has 4 heteroatoms. The molecule has 16 heavy (non-hydrogen) atoms. The van der Waals surface area contributed by atoms with Crippen molar-refractivity contribution < 1.29 is 4.74 Å². The van der Waals surface area contributed by atoms with E-state index in [-0.39, 0.29) is 6.04 Å². The highest BCUT2D eigenvalue weighted by Gasteiger charge is 2.12. The van der Waals surface area contributed by atoms with Crippen molar-refractivity contribution in [1.29, 1.82) is 5.26 Å². The van der Waals surface area contributed by atoms with Crippen molar-refractivity contribution in [3.05, 3.63) is 23.4 Å². The molecule has 86 valence electrons. The molecule has 1 unspecified atom stereocenters. The zero-order valence-corrected chi connectivity index (χ0v) is 10.2. The Balaban J connectivity index is 2.95. The van der Waals surface area contributed by atoms with Crippen LogP contribution in [0.2, 0.25) is 0 Å². The monoisotopic (exact) mass is 219 g/mol. The van der Waals surface area contributed by atoms with Gasteiger partial charge < -0.3 is 9.64 Å². The van der Waals surface area contributed by atoms with Gasteiger partial charge in [0.05, 0.1) is 24.3 Å². The van der Waals surface area contributed by atoms with E-state index in [9.17, 15) is 0 Å². The second kappa shape index (κ2) is 5.47. The van der Waals surface area contributed by atoms with Gasteiger partial charge in [-0.05, 0) is 26.0 Å². The molecule has 1 aromatic rings. The van der Waals surface area contributed by atoms with Gasteiger partial charge in [-0.25, -0.2) is 4.98 Å². The topological polar surface area (TPSA) is 49.1 Å². The molecule has 0 spiro atoms. The molecule has 0 aliphatic rings. The third-order valence-corrected chi connectivity index (χ3v) is 2.50. The summed E-state index contributed by atoms with van der Waals surface area (Å²) in [6.07, 6.45) is 0. The van der Waals surface area contributed by atoms with Gasteiger partial charge in [0.25, 0.3) is 0 Å². The molecule has 0 amide bonds. The van der Waals surface area contributed by atoms with Crippen LogP contribution < -0.4 is 4.90 Å². The summed E-state index contributed by atoms with van der Waals surface area (Å²) in [5.74, 6) is 0.807. The molecule has 0 saturated heterocycles. The summed E-state index contributed by atoms with van der Waals surface area (Å²) >= 11 is 0. The number of aromatic nitrogens is 1. The van der Waals surface area contributed by atoms with E-state index in [0.717, 1.165) is 11.5 Å². The van der Waals surface area contributed by atoms with Crippen molar-refractivity contribution in [3.63, 3.8) is 0 Å². The molecule has 4 nitrogen and oxygen atoms in total. The normalized spacial score (nSPS) is 11.9. The lowest BCUT2D eigenvalue weighted by Crippen LogP contribution is -2.33. The Morgan fingerprint density at radius 2 is 2.25 bits per heavy atom. The number of hydrogen-bond donors (Lipinski definition) is 0. The van der Waals surface area contributed by atoms with Crippen molar-refractivity contribution in [1.82, 2.24) is 4.98 Å². The third-order valence-electron chi connectivity index (χ3n) is 2.50. The number of methoxy groups -OCH3 is 1. The van der Waals surface area contributed by atoms with Crippen LogP contribution in [0.4, 0.5) is 5.82 Å². The van der Waals surface area contributed by atoms with Crippen LogP contribution in [0.15, 0.2) is 12.1 Å². The van der Waals surface area contributed by atoms with Crippen LogP contribution in [-0.2, 0) is 4.74 Å². The molecule has 0 radical (unpaired) electrons. The van der Waals surface area contributed by atoms with E-state index >= 15 is 0 Å². The Labute approximate surface area is 96.5 Å². The van der Waals surface area contributed by atoms with E-state index in [4.69, 9.17) is 10.00 Å². The second-order valence-electron chi connectivity index (χ2n) is 3.88. The minimum Gasteiger partial charge on any atom is -0.383 e. The summed E-state index contributed by atoms with van der Waals surface area (Å²) in [4.78, 5) is 6.42. The molecule has 0 saturated carbocycles. The molecule has 0 bridgehead atoms. The molecule has 1 atom stereocenters.